The van der Waals surface area contributed by atoms with Crippen molar-refractivity contribution in [3.63, 3.8) is 0 Å². The lowest BCUT2D eigenvalue weighted by atomic mass is 10.0. The molecule has 0 heterocycles. The quantitative estimate of drug-likeness (QED) is 0.772. The Hall–Kier alpha value is -2.28. The fourth-order valence-corrected chi connectivity index (χ4v) is 1.76. The monoisotopic (exact) mass is 311 g/mol. The zero-order valence-corrected chi connectivity index (χ0v) is 13.0. The van der Waals surface area contributed by atoms with Crippen LogP contribution in [0.15, 0.2) is 18.2 Å². The number of carboxylic acids is 1. The van der Waals surface area contributed by atoms with Crippen molar-refractivity contribution in [1.29, 1.82) is 0 Å². The molecular formula is C15H21NO6. The normalized spacial score (nSPS) is 12.4. The van der Waals surface area contributed by atoms with E-state index in [1.807, 2.05) is 0 Å². The number of methoxy groups -OCH3 is 1. The fourth-order valence-electron chi connectivity index (χ4n) is 1.76. The third-order valence-electron chi connectivity index (χ3n) is 2.61. The molecule has 0 saturated carbocycles. The number of hydrogen-bond acceptors (Lipinski definition) is 5. The van der Waals surface area contributed by atoms with Crippen molar-refractivity contribution < 1.29 is 29.3 Å². The van der Waals surface area contributed by atoms with Crippen molar-refractivity contribution in [1.82, 2.24) is 0 Å². The summed E-state index contributed by atoms with van der Waals surface area (Å²) in [6, 6.07) is 4.52. The van der Waals surface area contributed by atoms with E-state index in [2.05, 4.69) is 5.32 Å². The Balaban J connectivity index is 2.88. The van der Waals surface area contributed by atoms with Gasteiger partial charge in [-0.1, -0.05) is 6.07 Å². The van der Waals surface area contributed by atoms with Crippen LogP contribution in [-0.4, -0.2) is 35.0 Å². The first-order chi connectivity index (χ1) is 10.1. The number of ether oxygens (including phenoxy) is 2. The Kier molecular flexibility index (Phi) is 5.76. The lowest BCUT2D eigenvalue weighted by molar-refractivity contribution is -0.139. The molecule has 0 aliphatic carbocycles. The molecule has 0 fully saturated rings. The van der Waals surface area contributed by atoms with Gasteiger partial charge in [0.15, 0.2) is 0 Å². The molecule has 1 aromatic rings. The van der Waals surface area contributed by atoms with Crippen LogP contribution in [0.2, 0.25) is 0 Å². The maximum Gasteiger partial charge on any atom is 0.412 e. The molecule has 0 aromatic heterocycles. The van der Waals surface area contributed by atoms with Crippen molar-refractivity contribution in [3.05, 3.63) is 23.8 Å². The molecule has 0 spiro atoms. The molecule has 1 atom stereocenters. The number of aliphatic hydroxyl groups excluding tert-OH is 1. The molecule has 0 radical (unpaired) electrons. The second kappa shape index (κ2) is 7.13. The molecule has 1 unspecified atom stereocenters. The maximum atomic E-state index is 11.7. The van der Waals surface area contributed by atoms with Gasteiger partial charge < -0.3 is 19.7 Å². The lowest BCUT2D eigenvalue weighted by Gasteiger charge is -2.20. The van der Waals surface area contributed by atoms with Gasteiger partial charge in [0.05, 0.1) is 19.6 Å². The highest BCUT2D eigenvalue weighted by molar-refractivity contribution is 5.85. The average Bonchev–Trinajstić information content (AvgIpc) is 2.35. The van der Waals surface area contributed by atoms with Crippen LogP contribution in [-0.2, 0) is 9.53 Å². The Morgan fingerprint density at radius 3 is 2.45 bits per heavy atom. The second-order valence-corrected chi connectivity index (χ2v) is 5.70. The zero-order valence-electron chi connectivity index (χ0n) is 13.0. The number of amides is 1. The number of hydrogen-bond donors (Lipinski definition) is 3. The van der Waals surface area contributed by atoms with Crippen LogP contribution in [0.5, 0.6) is 5.75 Å². The third kappa shape index (κ3) is 5.61. The topological polar surface area (TPSA) is 105 Å². The number of nitrogens with one attached hydrogen (secondary N) is 1. The molecule has 1 amide bonds. The summed E-state index contributed by atoms with van der Waals surface area (Å²) in [6.07, 6.45) is -2.24. The van der Waals surface area contributed by atoms with E-state index in [1.54, 1.807) is 20.8 Å². The molecule has 122 valence electrons. The van der Waals surface area contributed by atoms with Gasteiger partial charge in [-0.05, 0) is 26.8 Å². The van der Waals surface area contributed by atoms with Crippen LogP contribution < -0.4 is 10.1 Å². The van der Waals surface area contributed by atoms with Crippen LogP contribution >= 0.6 is 0 Å². The maximum absolute atomic E-state index is 11.7. The number of aliphatic carboxylic acids is 1. The minimum atomic E-state index is -1.19. The molecule has 3 N–H and O–H groups in total. The SMILES string of the molecule is COc1cc(NC(=O)OC(C)(C)C)ccc1C(O)CC(=O)O. The van der Waals surface area contributed by atoms with Crippen LogP contribution in [0.25, 0.3) is 0 Å². The minimum Gasteiger partial charge on any atom is -0.496 e. The highest BCUT2D eigenvalue weighted by Gasteiger charge is 2.19. The average molecular weight is 311 g/mol. The highest BCUT2D eigenvalue weighted by atomic mass is 16.6. The van der Waals surface area contributed by atoms with E-state index in [1.165, 1.54) is 25.3 Å². The second-order valence-electron chi connectivity index (χ2n) is 5.70. The molecule has 1 rings (SSSR count). The Labute approximate surface area is 128 Å². The van der Waals surface area contributed by atoms with E-state index in [-0.39, 0.29) is 5.75 Å². The van der Waals surface area contributed by atoms with Gasteiger partial charge in [0.25, 0.3) is 0 Å². The first-order valence-corrected chi connectivity index (χ1v) is 6.70. The van der Waals surface area contributed by atoms with E-state index >= 15 is 0 Å². The number of carbonyl (C=O) groups is 2. The predicted octanol–water partition coefficient (Wildman–Crippen LogP) is 2.55. The molecule has 22 heavy (non-hydrogen) atoms. The largest absolute Gasteiger partial charge is 0.496 e. The van der Waals surface area contributed by atoms with Crippen LogP contribution in [0.3, 0.4) is 0 Å². The predicted molar refractivity (Wildman–Crippen MR) is 80.1 cm³/mol. The zero-order chi connectivity index (χ0) is 16.9. The van der Waals surface area contributed by atoms with Gasteiger partial charge >= 0.3 is 12.1 Å². The van der Waals surface area contributed by atoms with Crippen molar-refractivity contribution in [2.75, 3.05) is 12.4 Å². The summed E-state index contributed by atoms with van der Waals surface area (Å²) >= 11 is 0. The Morgan fingerprint density at radius 2 is 1.95 bits per heavy atom. The molecule has 7 nitrogen and oxygen atoms in total. The standard InChI is InChI=1S/C15H21NO6/c1-15(2,3)22-14(20)16-9-5-6-10(12(7-9)21-4)11(17)8-13(18)19/h5-7,11,17H,8H2,1-4H3,(H,16,20)(H,18,19). The number of rotatable bonds is 5. The summed E-state index contributed by atoms with van der Waals surface area (Å²) in [6.45, 7) is 5.25. The summed E-state index contributed by atoms with van der Waals surface area (Å²) in [5.41, 5.74) is 0.128. The van der Waals surface area contributed by atoms with E-state index in [0.29, 0.717) is 11.3 Å². The molecule has 0 aliphatic rings. The van der Waals surface area contributed by atoms with Gasteiger partial charge in [-0.25, -0.2) is 4.79 Å². The van der Waals surface area contributed by atoms with E-state index in [4.69, 9.17) is 14.6 Å². The molecule has 0 bridgehead atoms. The van der Waals surface area contributed by atoms with Gasteiger partial charge in [-0.3, -0.25) is 10.1 Å². The third-order valence-corrected chi connectivity index (χ3v) is 2.61. The van der Waals surface area contributed by atoms with Crippen LogP contribution in [0, 0.1) is 0 Å². The van der Waals surface area contributed by atoms with Crippen molar-refractivity contribution in [3.8, 4) is 5.75 Å². The fraction of sp³-hybridized carbons (Fsp3) is 0.467. The smallest absolute Gasteiger partial charge is 0.412 e. The Morgan fingerprint density at radius 1 is 1.32 bits per heavy atom. The van der Waals surface area contributed by atoms with Gasteiger partial charge in [0.2, 0.25) is 0 Å². The number of carbonyl (C=O) groups excluding carboxylic acids is 1. The van der Waals surface area contributed by atoms with Gasteiger partial charge in [0, 0.05) is 17.3 Å². The van der Waals surface area contributed by atoms with Crippen molar-refractivity contribution >= 4 is 17.7 Å². The molecular weight excluding hydrogens is 290 g/mol. The van der Waals surface area contributed by atoms with Gasteiger partial charge in [0.1, 0.15) is 11.4 Å². The summed E-state index contributed by atoms with van der Waals surface area (Å²) in [7, 11) is 1.39. The van der Waals surface area contributed by atoms with Crippen LogP contribution in [0.1, 0.15) is 38.9 Å². The van der Waals surface area contributed by atoms with E-state index in [9.17, 15) is 14.7 Å². The number of benzene rings is 1. The minimum absolute atomic E-state index is 0.280. The number of aliphatic hydroxyl groups is 1. The van der Waals surface area contributed by atoms with E-state index < -0.39 is 30.2 Å². The molecule has 0 aliphatic heterocycles. The summed E-state index contributed by atoms with van der Waals surface area (Å²) in [5, 5.41) is 21.1. The summed E-state index contributed by atoms with van der Waals surface area (Å²) in [5.74, 6) is -0.840. The van der Waals surface area contributed by atoms with Crippen molar-refractivity contribution in [2.45, 2.75) is 38.9 Å². The van der Waals surface area contributed by atoms with Crippen LogP contribution in [0.4, 0.5) is 10.5 Å². The summed E-state index contributed by atoms with van der Waals surface area (Å²) < 4.78 is 10.3. The molecule has 1 aromatic carbocycles. The van der Waals surface area contributed by atoms with Gasteiger partial charge in [-0.15, -0.1) is 0 Å². The van der Waals surface area contributed by atoms with E-state index in [0.717, 1.165) is 0 Å². The molecule has 0 saturated heterocycles. The first-order valence-electron chi connectivity index (χ1n) is 6.70. The number of carboxylic acid groups (broad SMARTS) is 1. The van der Waals surface area contributed by atoms with Gasteiger partial charge in [-0.2, -0.15) is 0 Å². The Bertz CT molecular complexity index is 549. The lowest BCUT2D eigenvalue weighted by Crippen LogP contribution is -2.27. The molecule has 7 heteroatoms. The van der Waals surface area contributed by atoms with Crippen molar-refractivity contribution in [2.24, 2.45) is 0 Å². The number of anilines is 1. The summed E-state index contributed by atoms with van der Waals surface area (Å²) in [4.78, 5) is 22.3. The first kappa shape index (κ1) is 17.8. The highest BCUT2D eigenvalue weighted by Crippen LogP contribution is 2.30.